The molecule has 0 saturated carbocycles. The molecule has 0 aliphatic carbocycles. The normalized spacial score (nSPS) is 11.4. The summed E-state index contributed by atoms with van der Waals surface area (Å²) >= 11 is 3.17. The van der Waals surface area contributed by atoms with Crippen molar-refractivity contribution in [1.29, 1.82) is 0 Å². The van der Waals surface area contributed by atoms with E-state index in [4.69, 9.17) is 10.5 Å². The van der Waals surface area contributed by atoms with Gasteiger partial charge in [0, 0.05) is 6.20 Å². The molecule has 3 nitrogen and oxygen atoms in total. The number of pyridine rings is 1. The zero-order valence-corrected chi connectivity index (χ0v) is 11.0. The summed E-state index contributed by atoms with van der Waals surface area (Å²) in [6.45, 7) is 0. The van der Waals surface area contributed by atoms with E-state index >= 15 is 0 Å². The summed E-state index contributed by atoms with van der Waals surface area (Å²) in [5.41, 5.74) is 4.93. The maximum atomic E-state index is 12.8. The first-order valence-electron chi connectivity index (χ1n) is 5.13. The molecule has 1 heterocycles. The van der Waals surface area contributed by atoms with Gasteiger partial charge in [0.05, 0.1) is 10.2 Å². The average molecular weight is 333 g/mol. The molecule has 0 unspecified atom stereocenters. The number of hydrogen-bond acceptors (Lipinski definition) is 3. The Morgan fingerprint density at radius 1 is 1.16 bits per heavy atom. The lowest BCUT2D eigenvalue weighted by Gasteiger charge is -2.14. The van der Waals surface area contributed by atoms with Gasteiger partial charge in [0.25, 0.3) is 0 Å². The van der Waals surface area contributed by atoms with Crippen LogP contribution in [0.3, 0.4) is 0 Å². The van der Waals surface area contributed by atoms with Crippen LogP contribution >= 0.6 is 15.9 Å². The Kier molecular flexibility index (Phi) is 3.66. The number of alkyl halides is 3. The maximum Gasteiger partial charge on any atom is 0.421 e. The van der Waals surface area contributed by atoms with E-state index in [-0.39, 0.29) is 11.4 Å². The molecule has 0 bridgehead atoms. The number of hydrogen-bond donors (Lipinski definition) is 1. The summed E-state index contributed by atoms with van der Waals surface area (Å²) in [7, 11) is 0. The van der Waals surface area contributed by atoms with E-state index in [1.807, 2.05) is 0 Å². The van der Waals surface area contributed by atoms with Crippen LogP contribution in [0.1, 0.15) is 5.56 Å². The minimum atomic E-state index is -4.54. The molecule has 0 fully saturated rings. The Bertz CT molecular complexity index is 582. The van der Waals surface area contributed by atoms with Gasteiger partial charge < -0.3 is 10.5 Å². The smallest absolute Gasteiger partial charge is 0.421 e. The van der Waals surface area contributed by atoms with Crippen molar-refractivity contribution in [2.24, 2.45) is 0 Å². The standard InChI is InChI=1S/C12H8BrF3N2O/c13-8-4-1-5-9(17)10(8)19-11-7(12(14,15)16)3-2-6-18-11/h1-6H,17H2. The second-order valence-corrected chi connectivity index (χ2v) is 4.47. The summed E-state index contributed by atoms with van der Waals surface area (Å²) in [6.07, 6.45) is -3.32. The van der Waals surface area contributed by atoms with Crippen molar-refractivity contribution in [3.05, 3.63) is 46.6 Å². The molecule has 2 rings (SSSR count). The van der Waals surface area contributed by atoms with Crippen molar-refractivity contribution in [3.8, 4) is 11.6 Å². The van der Waals surface area contributed by atoms with Crippen molar-refractivity contribution < 1.29 is 17.9 Å². The topological polar surface area (TPSA) is 48.1 Å². The van der Waals surface area contributed by atoms with Crippen LogP contribution in [-0.2, 0) is 6.18 Å². The molecular formula is C12H8BrF3N2O. The van der Waals surface area contributed by atoms with E-state index in [2.05, 4.69) is 20.9 Å². The fourth-order valence-electron chi connectivity index (χ4n) is 1.42. The van der Waals surface area contributed by atoms with E-state index in [9.17, 15) is 13.2 Å². The van der Waals surface area contributed by atoms with Crippen LogP contribution < -0.4 is 10.5 Å². The van der Waals surface area contributed by atoms with Gasteiger partial charge in [-0.05, 0) is 40.2 Å². The van der Waals surface area contributed by atoms with Crippen LogP contribution in [-0.4, -0.2) is 4.98 Å². The van der Waals surface area contributed by atoms with Gasteiger partial charge in [-0.1, -0.05) is 6.07 Å². The van der Waals surface area contributed by atoms with Crippen molar-refractivity contribution in [1.82, 2.24) is 4.98 Å². The highest BCUT2D eigenvalue weighted by atomic mass is 79.9. The SMILES string of the molecule is Nc1cccc(Br)c1Oc1ncccc1C(F)(F)F. The lowest BCUT2D eigenvalue weighted by molar-refractivity contribution is -0.138. The molecule has 2 aromatic rings. The molecule has 0 amide bonds. The van der Waals surface area contributed by atoms with Gasteiger partial charge >= 0.3 is 6.18 Å². The summed E-state index contributed by atoms with van der Waals surface area (Å²) in [4.78, 5) is 3.60. The molecule has 1 aromatic heterocycles. The molecule has 0 aliphatic heterocycles. The Morgan fingerprint density at radius 2 is 1.89 bits per heavy atom. The van der Waals surface area contributed by atoms with Crippen molar-refractivity contribution in [3.63, 3.8) is 0 Å². The molecule has 7 heteroatoms. The zero-order valence-electron chi connectivity index (χ0n) is 9.41. The van der Waals surface area contributed by atoms with Gasteiger partial charge in [0.2, 0.25) is 5.88 Å². The second-order valence-electron chi connectivity index (χ2n) is 3.61. The predicted octanol–water partition coefficient (Wildman–Crippen LogP) is 4.24. The monoisotopic (exact) mass is 332 g/mol. The van der Waals surface area contributed by atoms with Crippen molar-refractivity contribution in [2.75, 3.05) is 5.73 Å². The second kappa shape index (κ2) is 5.08. The van der Waals surface area contributed by atoms with Crippen LogP contribution in [0.5, 0.6) is 11.6 Å². The number of nitrogen functional groups attached to an aromatic ring is 1. The number of ether oxygens (including phenoxy) is 1. The lowest BCUT2D eigenvalue weighted by atomic mass is 10.2. The molecule has 100 valence electrons. The summed E-state index contributed by atoms with van der Waals surface area (Å²) in [5.74, 6) is -0.430. The maximum absolute atomic E-state index is 12.8. The third-order valence-corrected chi connectivity index (χ3v) is 2.90. The van der Waals surface area contributed by atoms with Crippen LogP contribution in [0.4, 0.5) is 18.9 Å². The highest BCUT2D eigenvalue weighted by molar-refractivity contribution is 9.10. The summed E-state index contributed by atoms with van der Waals surface area (Å²) in [5, 5.41) is 0. The Balaban J connectivity index is 2.45. The van der Waals surface area contributed by atoms with Crippen LogP contribution in [0.2, 0.25) is 0 Å². The van der Waals surface area contributed by atoms with Crippen LogP contribution in [0.15, 0.2) is 41.0 Å². The van der Waals surface area contributed by atoms with Crippen LogP contribution in [0.25, 0.3) is 0 Å². The van der Waals surface area contributed by atoms with Crippen molar-refractivity contribution >= 4 is 21.6 Å². The van der Waals surface area contributed by atoms with E-state index in [1.54, 1.807) is 12.1 Å². The summed E-state index contributed by atoms with van der Waals surface area (Å²) in [6, 6.07) is 6.88. The number of aromatic nitrogens is 1. The first kappa shape index (κ1) is 13.7. The van der Waals surface area contributed by atoms with E-state index in [0.717, 1.165) is 6.07 Å². The van der Waals surface area contributed by atoms with E-state index < -0.39 is 17.6 Å². The summed E-state index contributed by atoms with van der Waals surface area (Å²) < 4.78 is 44.0. The molecule has 0 saturated heterocycles. The minimum Gasteiger partial charge on any atom is -0.435 e. The number of nitrogens with zero attached hydrogens (tertiary/aromatic N) is 1. The third kappa shape index (κ3) is 2.98. The molecule has 0 radical (unpaired) electrons. The van der Waals surface area contributed by atoms with Crippen molar-refractivity contribution in [2.45, 2.75) is 6.18 Å². The van der Waals surface area contributed by atoms with Gasteiger partial charge in [-0.15, -0.1) is 0 Å². The highest BCUT2D eigenvalue weighted by Gasteiger charge is 2.35. The number of para-hydroxylation sites is 1. The molecule has 0 aliphatic rings. The molecule has 0 atom stereocenters. The fourth-order valence-corrected chi connectivity index (χ4v) is 1.88. The number of benzene rings is 1. The average Bonchev–Trinajstić information content (AvgIpc) is 2.33. The first-order valence-corrected chi connectivity index (χ1v) is 5.93. The molecule has 2 N–H and O–H groups in total. The predicted molar refractivity (Wildman–Crippen MR) is 67.9 cm³/mol. The van der Waals surface area contributed by atoms with Crippen LogP contribution in [0, 0.1) is 0 Å². The molecule has 19 heavy (non-hydrogen) atoms. The quantitative estimate of drug-likeness (QED) is 0.837. The first-order chi connectivity index (χ1) is 8.89. The van der Waals surface area contributed by atoms with Gasteiger partial charge in [-0.2, -0.15) is 13.2 Å². The number of halogens is 4. The van der Waals surface area contributed by atoms with Gasteiger partial charge in [0.1, 0.15) is 5.56 Å². The van der Waals surface area contributed by atoms with Gasteiger partial charge in [-0.25, -0.2) is 4.98 Å². The largest absolute Gasteiger partial charge is 0.435 e. The van der Waals surface area contributed by atoms with Gasteiger partial charge in [0.15, 0.2) is 5.75 Å². The minimum absolute atomic E-state index is 0.103. The Morgan fingerprint density at radius 3 is 2.53 bits per heavy atom. The van der Waals surface area contributed by atoms with E-state index in [0.29, 0.717) is 4.47 Å². The number of nitrogens with two attached hydrogens (primary N) is 1. The highest BCUT2D eigenvalue weighted by Crippen LogP contribution is 2.40. The molecular weight excluding hydrogens is 325 g/mol. The third-order valence-electron chi connectivity index (χ3n) is 2.27. The Labute approximate surface area is 115 Å². The van der Waals surface area contributed by atoms with Gasteiger partial charge in [-0.3, -0.25) is 0 Å². The fraction of sp³-hybridized carbons (Fsp3) is 0.0833. The van der Waals surface area contributed by atoms with E-state index in [1.165, 1.54) is 18.3 Å². The Hall–Kier alpha value is -1.76. The molecule has 0 spiro atoms. The molecule has 1 aromatic carbocycles. The number of rotatable bonds is 2. The number of anilines is 1. The lowest BCUT2D eigenvalue weighted by Crippen LogP contribution is -2.08. The zero-order chi connectivity index (χ0) is 14.0.